The van der Waals surface area contributed by atoms with Gasteiger partial charge >= 0.3 is 6.18 Å². The van der Waals surface area contributed by atoms with Crippen LogP contribution in [0.2, 0.25) is 0 Å². The third-order valence-electron chi connectivity index (χ3n) is 3.20. The van der Waals surface area contributed by atoms with Crippen LogP contribution in [-0.2, 0) is 6.18 Å². The maximum atomic E-state index is 12.9. The number of nitrogens with one attached hydrogen (secondary N) is 1. The Balaban J connectivity index is 3.05. The molecule has 0 bridgehead atoms. The van der Waals surface area contributed by atoms with Crippen molar-refractivity contribution in [3.63, 3.8) is 0 Å². The fourth-order valence-electron chi connectivity index (χ4n) is 2.36. The first-order valence-electron chi connectivity index (χ1n) is 6.78. The van der Waals surface area contributed by atoms with E-state index in [9.17, 15) is 18.0 Å². The van der Waals surface area contributed by atoms with Crippen molar-refractivity contribution >= 4 is 5.91 Å². The summed E-state index contributed by atoms with van der Waals surface area (Å²) in [7, 11) is 0. The summed E-state index contributed by atoms with van der Waals surface area (Å²) in [6.45, 7) is 5.82. The lowest BCUT2D eigenvalue weighted by atomic mass is 9.90. The van der Waals surface area contributed by atoms with Gasteiger partial charge in [0.15, 0.2) is 0 Å². The van der Waals surface area contributed by atoms with Gasteiger partial charge in [-0.1, -0.05) is 26.0 Å². The average Bonchev–Trinajstić information content (AvgIpc) is 2.36. The predicted octanol–water partition coefficient (Wildman–Crippen LogP) is 3.20. The number of nitrogens with two attached hydrogens (primary N) is 1. The van der Waals surface area contributed by atoms with Gasteiger partial charge in [-0.2, -0.15) is 13.2 Å². The van der Waals surface area contributed by atoms with Crippen molar-refractivity contribution in [2.45, 2.75) is 38.9 Å². The molecule has 0 spiro atoms. The van der Waals surface area contributed by atoms with E-state index in [-0.39, 0.29) is 18.0 Å². The second kappa shape index (κ2) is 6.47. The van der Waals surface area contributed by atoms with Gasteiger partial charge in [-0.15, -0.1) is 0 Å². The molecular weight excluding hydrogens is 281 g/mol. The molecule has 0 fully saturated rings. The SMILES string of the molecule is CC(C)CC(C)(CN)NC(=O)c1ccccc1C(F)(F)F. The number of rotatable bonds is 5. The first-order valence-corrected chi connectivity index (χ1v) is 6.78. The summed E-state index contributed by atoms with van der Waals surface area (Å²) in [6, 6.07) is 4.74. The number of hydrogen-bond acceptors (Lipinski definition) is 2. The molecule has 1 aromatic carbocycles. The van der Waals surface area contributed by atoms with Crippen molar-refractivity contribution < 1.29 is 18.0 Å². The van der Waals surface area contributed by atoms with Crippen LogP contribution < -0.4 is 11.1 Å². The Morgan fingerprint density at radius 2 is 1.86 bits per heavy atom. The van der Waals surface area contributed by atoms with Crippen molar-refractivity contribution in [1.29, 1.82) is 0 Å². The van der Waals surface area contributed by atoms with E-state index in [2.05, 4.69) is 5.32 Å². The molecule has 0 heterocycles. The monoisotopic (exact) mass is 302 g/mol. The van der Waals surface area contributed by atoms with E-state index in [1.165, 1.54) is 18.2 Å². The molecule has 1 amide bonds. The molecule has 1 aromatic rings. The first kappa shape index (κ1) is 17.5. The molecule has 1 rings (SSSR count). The second-order valence-corrected chi connectivity index (χ2v) is 5.86. The summed E-state index contributed by atoms with van der Waals surface area (Å²) in [5.41, 5.74) is 3.62. The van der Waals surface area contributed by atoms with E-state index in [0.717, 1.165) is 6.07 Å². The molecule has 0 radical (unpaired) electrons. The normalized spacial score (nSPS) is 14.9. The highest BCUT2D eigenvalue weighted by molar-refractivity contribution is 5.96. The van der Waals surface area contributed by atoms with Crippen molar-refractivity contribution in [3.05, 3.63) is 35.4 Å². The fraction of sp³-hybridized carbons (Fsp3) is 0.533. The van der Waals surface area contributed by atoms with Gasteiger partial charge in [-0.25, -0.2) is 0 Å². The second-order valence-electron chi connectivity index (χ2n) is 5.86. The number of carbonyl (C=O) groups excluding carboxylic acids is 1. The number of alkyl halides is 3. The Hall–Kier alpha value is -1.56. The molecule has 0 saturated heterocycles. The summed E-state index contributed by atoms with van der Waals surface area (Å²) in [4.78, 5) is 12.2. The van der Waals surface area contributed by atoms with Crippen LogP contribution in [0.3, 0.4) is 0 Å². The maximum absolute atomic E-state index is 12.9. The minimum absolute atomic E-state index is 0.158. The summed E-state index contributed by atoms with van der Waals surface area (Å²) >= 11 is 0. The lowest BCUT2D eigenvalue weighted by Gasteiger charge is -2.31. The number of carbonyl (C=O) groups is 1. The number of halogens is 3. The average molecular weight is 302 g/mol. The third kappa shape index (κ3) is 4.74. The highest BCUT2D eigenvalue weighted by Crippen LogP contribution is 2.32. The fourth-order valence-corrected chi connectivity index (χ4v) is 2.36. The molecule has 1 atom stereocenters. The molecule has 0 saturated carbocycles. The summed E-state index contributed by atoms with van der Waals surface area (Å²) < 4.78 is 38.8. The van der Waals surface area contributed by atoms with E-state index in [0.29, 0.717) is 6.42 Å². The molecule has 0 aromatic heterocycles. The van der Waals surface area contributed by atoms with Gasteiger partial charge in [-0.05, 0) is 31.4 Å². The lowest BCUT2D eigenvalue weighted by Crippen LogP contribution is -2.52. The highest BCUT2D eigenvalue weighted by Gasteiger charge is 2.36. The van der Waals surface area contributed by atoms with Crippen LogP contribution in [0.1, 0.15) is 43.1 Å². The van der Waals surface area contributed by atoms with E-state index in [1.807, 2.05) is 13.8 Å². The van der Waals surface area contributed by atoms with E-state index < -0.39 is 23.2 Å². The van der Waals surface area contributed by atoms with Crippen LogP contribution in [0.25, 0.3) is 0 Å². The third-order valence-corrected chi connectivity index (χ3v) is 3.20. The van der Waals surface area contributed by atoms with E-state index >= 15 is 0 Å². The molecule has 3 N–H and O–H groups in total. The van der Waals surface area contributed by atoms with Gasteiger partial charge in [-0.3, -0.25) is 4.79 Å². The Morgan fingerprint density at radius 1 is 1.29 bits per heavy atom. The van der Waals surface area contributed by atoms with Crippen molar-refractivity contribution in [3.8, 4) is 0 Å². The van der Waals surface area contributed by atoms with Crippen LogP contribution in [0.15, 0.2) is 24.3 Å². The zero-order valence-corrected chi connectivity index (χ0v) is 12.4. The van der Waals surface area contributed by atoms with E-state index in [4.69, 9.17) is 5.73 Å². The van der Waals surface area contributed by atoms with Gasteiger partial charge in [0.1, 0.15) is 0 Å². The quantitative estimate of drug-likeness (QED) is 0.877. The summed E-state index contributed by atoms with van der Waals surface area (Å²) in [6.07, 6.45) is -3.98. The molecular formula is C15H21F3N2O. The zero-order chi connectivity index (χ0) is 16.3. The van der Waals surface area contributed by atoms with E-state index in [1.54, 1.807) is 6.92 Å². The molecule has 0 aliphatic carbocycles. The van der Waals surface area contributed by atoms with Crippen LogP contribution in [0.4, 0.5) is 13.2 Å². The molecule has 6 heteroatoms. The van der Waals surface area contributed by atoms with Gasteiger partial charge in [0.05, 0.1) is 11.1 Å². The van der Waals surface area contributed by atoms with Crippen molar-refractivity contribution in [1.82, 2.24) is 5.32 Å². The highest BCUT2D eigenvalue weighted by atomic mass is 19.4. The predicted molar refractivity (Wildman–Crippen MR) is 75.8 cm³/mol. The first-order chi connectivity index (χ1) is 9.59. The topological polar surface area (TPSA) is 55.1 Å². The largest absolute Gasteiger partial charge is 0.417 e. The van der Waals surface area contributed by atoms with Crippen LogP contribution in [0.5, 0.6) is 0 Å². The minimum Gasteiger partial charge on any atom is -0.346 e. The standard InChI is InChI=1S/C15H21F3N2O/c1-10(2)8-14(3,9-19)20-13(21)11-6-4-5-7-12(11)15(16,17)18/h4-7,10H,8-9,19H2,1-3H3,(H,20,21). The maximum Gasteiger partial charge on any atom is 0.417 e. The van der Waals surface area contributed by atoms with Crippen molar-refractivity contribution in [2.24, 2.45) is 11.7 Å². The molecule has 3 nitrogen and oxygen atoms in total. The lowest BCUT2D eigenvalue weighted by molar-refractivity contribution is -0.137. The Labute approximate surface area is 122 Å². The van der Waals surface area contributed by atoms with Crippen LogP contribution >= 0.6 is 0 Å². The molecule has 118 valence electrons. The van der Waals surface area contributed by atoms with Gasteiger partial charge in [0.25, 0.3) is 5.91 Å². The Kier molecular flexibility index (Phi) is 5.39. The molecule has 21 heavy (non-hydrogen) atoms. The summed E-state index contributed by atoms with van der Waals surface area (Å²) in [5, 5.41) is 2.64. The Morgan fingerprint density at radius 3 is 2.33 bits per heavy atom. The van der Waals surface area contributed by atoms with Gasteiger partial charge in [0.2, 0.25) is 0 Å². The van der Waals surface area contributed by atoms with Gasteiger partial charge in [0, 0.05) is 12.1 Å². The number of benzene rings is 1. The number of hydrogen-bond donors (Lipinski definition) is 2. The number of amides is 1. The van der Waals surface area contributed by atoms with Crippen molar-refractivity contribution in [2.75, 3.05) is 6.54 Å². The van der Waals surface area contributed by atoms with Gasteiger partial charge < -0.3 is 11.1 Å². The smallest absolute Gasteiger partial charge is 0.346 e. The molecule has 0 aliphatic rings. The molecule has 0 aliphatic heterocycles. The van der Waals surface area contributed by atoms with Crippen LogP contribution in [-0.4, -0.2) is 18.0 Å². The zero-order valence-electron chi connectivity index (χ0n) is 12.4. The Bertz CT molecular complexity index is 500. The summed E-state index contributed by atoms with van der Waals surface area (Å²) in [5.74, 6) is -0.492. The van der Waals surface area contributed by atoms with Crippen LogP contribution in [0, 0.1) is 5.92 Å². The minimum atomic E-state index is -4.56. The molecule has 1 unspecified atom stereocenters.